The molecule has 0 bridgehead atoms. The van der Waals surface area contributed by atoms with E-state index in [1.54, 1.807) is 18.2 Å². The maximum absolute atomic E-state index is 10.3. The second kappa shape index (κ2) is 9.05. The van der Waals surface area contributed by atoms with Gasteiger partial charge in [0.2, 0.25) is 0 Å². The van der Waals surface area contributed by atoms with E-state index in [4.69, 9.17) is 9.47 Å². The van der Waals surface area contributed by atoms with Crippen LogP contribution in [-0.4, -0.2) is 72.4 Å². The Hall–Kier alpha value is -0.980. The summed E-state index contributed by atoms with van der Waals surface area (Å²) in [6, 6.07) is 0. The molecule has 0 aromatic carbocycles. The number of β-amino-alcohol motifs (C(OH)–C–C–N with tert-alkyl or cyclic N) is 2. The van der Waals surface area contributed by atoms with Gasteiger partial charge in [-0.15, -0.1) is 19.7 Å². The highest BCUT2D eigenvalue weighted by Gasteiger charge is 2.39. The molecule has 4 atom stereocenters. The van der Waals surface area contributed by atoms with E-state index in [9.17, 15) is 10.2 Å². The number of aliphatic hydroxyl groups excluding tert-OH is 2. The molecule has 0 amide bonds. The van der Waals surface area contributed by atoms with Gasteiger partial charge in [0.1, 0.15) is 12.2 Å². The van der Waals surface area contributed by atoms with Gasteiger partial charge in [-0.25, -0.2) is 0 Å². The first-order chi connectivity index (χ1) is 9.63. The lowest BCUT2D eigenvalue weighted by molar-refractivity contribution is -0.136. The minimum absolute atomic E-state index is 0.295. The van der Waals surface area contributed by atoms with Crippen molar-refractivity contribution >= 4 is 0 Å². The maximum atomic E-state index is 10.3. The van der Waals surface area contributed by atoms with Crippen molar-refractivity contribution in [2.75, 3.05) is 32.8 Å². The van der Waals surface area contributed by atoms with Crippen molar-refractivity contribution in [3.8, 4) is 0 Å². The fraction of sp³-hybridized carbons (Fsp3) is 0.600. The first-order valence-electron chi connectivity index (χ1n) is 6.78. The van der Waals surface area contributed by atoms with E-state index in [2.05, 4.69) is 19.7 Å². The van der Waals surface area contributed by atoms with Crippen LogP contribution in [0.4, 0.5) is 0 Å². The normalized spacial score (nSPS) is 31.5. The minimum atomic E-state index is -0.748. The summed E-state index contributed by atoms with van der Waals surface area (Å²) in [5.74, 6) is 0. The first-order valence-corrected chi connectivity index (χ1v) is 6.78. The molecule has 0 saturated carbocycles. The van der Waals surface area contributed by atoms with Crippen molar-refractivity contribution in [1.82, 2.24) is 4.90 Å². The van der Waals surface area contributed by atoms with E-state index < -0.39 is 24.4 Å². The first kappa shape index (κ1) is 17.1. The fourth-order valence-electron chi connectivity index (χ4n) is 2.35. The van der Waals surface area contributed by atoms with Gasteiger partial charge in [0.05, 0.1) is 25.4 Å². The summed E-state index contributed by atoms with van der Waals surface area (Å²) in [7, 11) is 0. The second-order valence-electron chi connectivity index (χ2n) is 4.82. The molecular weight excluding hydrogens is 258 g/mol. The predicted molar refractivity (Wildman–Crippen MR) is 78.5 cm³/mol. The molecule has 5 nitrogen and oxygen atoms in total. The topological polar surface area (TPSA) is 62.2 Å². The lowest BCUT2D eigenvalue weighted by Gasteiger charge is -2.30. The van der Waals surface area contributed by atoms with Crippen LogP contribution in [0.5, 0.6) is 0 Å². The third kappa shape index (κ3) is 4.85. The predicted octanol–water partition coefficient (Wildman–Crippen LogP) is 0.352. The van der Waals surface area contributed by atoms with Crippen molar-refractivity contribution in [3.05, 3.63) is 38.0 Å². The van der Waals surface area contributed by atoms with Crippen molar-refractivity contribution in [1.29, 1.82) is 0 Å². The standard InChI is InChI=1S/C15H25NO4/c1-4-7-16-10-12(17)14(19-8-5-2)15(13(18)11-16)20-9-6-3/h4-6,12-15,17-18H,1-3,7-11H2/t12-,13-,14+,15+/m0/s1. The quantitative estimate of drug-likeness (QED) is 0.630. The highest BCUT2D eigenvalue weighted by molar-refractivity contribution is 4.93. The third-order valence-corrected chi connectivity index (χ3v) is 3.17. The largest absolute Gasteiger partial charge is 0.389 e. The van der Waals surface area contributed by atoms with E-state index in [0.29, 0.717) is 32.8 Å². The smallest absolute Gasteiger partial charge is 0.114 e. The van der Waals surface area contributed by atoms with Crippen LogP contribution < -0.4 is 0 Å². The molecule has 0 aromatic rings. The number of hydrogen-bond donors (Lipinski definition) is 2. The van der Waals surface area contributed by atoms with Gasteiger partial charge in [-0.2, -0.15) is 0 Å². The fourth-order valence-corrected chi connectivity index (χ4v) is 2.35. The molecule has 0 aromatic heterocycles. The number of rotatable bonds is 8. The molecule has 2 N–H and O–H groups in total. The molecule has 0 aliphatic carbocycles. The summed E-state index contributed by atoms with van der Waals surface area (Å²) < 4.78 is 11.2. The Labute approximate surface area is 120 Å². The van der Waals surface area contributed by atoms with Crippen LogP contribution in [0.15, 0.2) is 38.0 Å². The van der Waals surface area contributed by atoms with Gasteiger partial charge in [0.15, 0.2) is 0 Å². The van der Waals surface area contributed by atoms with Gasteiger partial charge in [-0.1, -0.05) is 18.2 Å². The van der Waals surface area contributed by atoms with E-state index in [1.165, 1.54) is 0 Å². The van der Waals surface area contributed by atoms with Crippen molar-refractivity contribution in [2.45, 2.75) is 24.4 Å². The molecule has 1 saturated heterocycles. The van der Waals surface area contributed by atoms with E-state index in [1.807, 2.05) is 4.90 Å². The molecule has 1 fully saturated rings. The highest BCUT2D eigenvalue weighted by Crippen LogP contribution is 2.19. The summed E-state index contributed by atoms with van der Waals surface area (Å²) in [6.07, 6.45) is 2.26. The molecule has 1 rings (SSSR count). The Kier molecular flexibility index (Phi) is 7.72. The third-order valence-electron chi connectivity index (χ3n) is 3.17. The number of ether oxygens (including phenoxy) is 2. The molecule has 1 aliphatic heterocycles. The summed E-state index contributed by atoms with van der Waals surface area (Å²) in [4.78, 5) is 1.92. The van der Waals surface area contributed by atoms with Crippen LogP contribution in [-0.2, 0) is 9.47 Å². The van der Waals surface area contributed by atoms with Crippen LogP contribution in [0, 0.1) is 0 Å². The van der Waals surface area contributed by atoms with Crippen LogP contribution in [0.3, 0.4) is 0 Å². The highest BCUT2D eigenvalue weighted by atomic mass is 16.6. The Bertz CT molecular complexity index is 295. The van der Waals surface area contributed by atoms with E-state index >= 15 is 0 Å². The number of hydrogen-bond acceptors (Lipinski definition) is 5. The summed E-state index contributed by atoms with van der Waals surface area (Å²) in [5, 5.41) is 20.6. The van der Waals surface area contributed by atoms with Crippen LogP contribution in [0.25, 0.3) is 0 Å². The molecule has 0 radical (unpaired) electrons. The lowest BCUT2D eigenvalue weighted by Crippen LogP contribution is -2.47. The van der Waals surface area contributed by atoms with Crippen molar-refractivity contribution < 1.29 is 19.7 Å². The lowest BCUT2D eigenvalue weighted by atomic mass is 10.0. The second-order valence-corrected chi connectivity index (χ2v) is 4.82. The van der Waals surface area contributed by atoms with Gasteiger partial charge >= 0.3 is 0 Å². The van der Waals surface area contributed by atoms with Crippen molar-refractivity contribution in [3.63, 3.8) is 0 Å². The number of nitrogens with zero attached hydrogens (tertiary/aromatic N) is 1. The van der Waals surface area contributed by atoms with Crippen LogP contribution in [0.1, 0.15) is 0 Å². The number of aliphatic hydroxyl groups is 2. The molecular formula is C15H25NO4. The Balaban J connectivity index is 2.83. The Morgan fingerprint density at radius 3 is 1.70 bits per heavy atom. The molecule has 5 heteroatoms. The van der Waals surface area contributed by atoms with Gasteiger partial charge in [0.25, 0.3) is 0 Å². The summed E-state index contributed by atoms with van der Waals surface area (Å²) in [5.41, 5.74) is 0. The average Bonchev–Trinajstić information content (AvgIpc) is 2.52. The zero-order chi connectivity index (χ0) is 15.0. The summed E-state index contributed by atoms with van der Waals surface area (Å²) in [6.45, 7) is 12.9. The average molecular weight is 283 g/mol. The van der Waals surface area contributed by atoms with Gasteiger partial charge in [0, 0.05) is 19.6 Å². The van der Waals surface area contributed by atoms with E-state index in [0.717, 1.165) is 0 Å². The van der Waals surface area contributed by atoms with Crippen LogP contribution >= 0.6 is 0 Å². The van der Waals surface area contributed by atoms with E-state index in [-0.39, 0.29) is 0 Å². The Morgan fingerprint density at radius 2 is 1.35 bits per heavy atom. The SMILES string of the molecule is C=CCO[C@H]1[C@H](OCC=C)[C@@H](O)CN(CC=C)C[C@@H]1O. The zero-order valence-electron chi connectivity index (χ0n) is 11.9. The van der Waals surface area contributed by atoms with Gasteiger partial charge in [-0.3, -0.25) is 4.90 Å². The van der Waals surface area contributed by atoms with Gasteiger partial charge in [-0.05, 0) is 0 Å². The molecule has 1 heterocycles. The van der Waals surface area contributed by atoms with Gasteiger partial charge < -0.3 is 19.7 Å². The minimum Gasteiger partial charge on any atom is -0.389 e. The van der Waals surface area contributed by atoms with Crippen molar-refractivity contribution in [2.24, 2.45) is 0 Å². The van der Waals surface area contributed by atoms with Crippen LogP contribution in [0.2, 0.25) is 0 Å². The zero-order valence-corrected chi connectivity index (χ0v) is 11.9. The maximum Gasteiger partial charge on any atom is 0.114 e. The molecule has 114 valence electrons. The molecule has 0 spiro atoms. The molecule has 20 heavy (non-hydrogen) atoms. The number of likely N-dealkylation sites (tertiary alicyclic amines) is 1. The summed E-state index contributed by atoms with van der Waals surface area (Å²) >= 11 is 0. The Morgan fingerprint density at radius 1 is 0.900 bits per heavy atom. The molecule has 0 unspecified atom stereocenters. The molecule has 1 aliphatic rings. The monoisotopic (exact) mass is 283 g/mol.